The number of nitrogens with zero attached hydrogens (tertiary/aromatic N) is 1. The lowest BCUT2D eigenvalue weighted by Crippen LogP contribution is -2.26. The monoisotopic (exact) mass is 259 g/mol. The average molecular weight is 259 g/mol. The molecule has 0 radical (unpaired) electrons. The number of allylic oxidation sites excluding steroid dienone is 2. The Morgan fingerprint density at radius 2 is 2.16 bits per heavy atom. The molecule has 2 aliphatic heterocycles. The Hall–Kier alpha value is -2.19. The molecule has 0 aliphatic carbocycles. The Bertz CT molecular complexity index is 561. The van der Waals surface area contributed by atoms with E-state index in [0.29, 0.717) is 12.2 Å². The first-order valence-corrected chi connectivity index (χ1v) is 6.01. The molecule has 2 aliphatic rings. The maximum Gasteiger partial charge on any atom is 0.231 e. The summed E-state index contributed by atoms with van der Waals surface area (Å²) < 4.78 is 21.5. The number of hydrogen-bond acceptors (Lipinski definition) is 5. The van der Waals surface area contributed by atoms with Gasteiger partial charge in [-0.25, -0.2) is 0 Å². The molecule has 0 saturated carbocycles. The maximum atomic E-state index is 8.85. The highest BCUT2D eigenvalue weighted by atomic mass is 16.7. The van der Waals surface area contributed by atoms with Gasteiger partial charge in [0, 0.05) is 7.11 Å². The van der Waals surface area contributed by atoms with Crippen LogP contribution in [0.1, 0.15) is 17.9 Å². The zero-order valence-corrected chi connectivity index (χ0v) is 10.5. The average Bonchev–Trinajstić information content (AvgIpc) is 2.93. The van der Waals surface area contributed by atoms with Crippen LogP contribution < -0.4 is 9.47 Å². The highest BCUT2D eigenvalue weighted by Crippen LogP contribution is 2.38. The van der Waals surface area contributed by atoms with Gasteiger partial charge in [0.1, 0.15) is 6.07 Å². The van der Waals surface area contributed by atoms with Crippen LogP contribution >= 0.6 is 0 Å². The fourth-order valence-electron chi connectivity index (χ4n) is 2.32. The quantitative estimate of drug-likeness (QED) is 0.815. The van der Waals surface area contributed by atoms with E-state index in [4.69, 9.17) is 24.2 Å². The zero-order chi connectivity index (χ0) is 13.2. The predicted octanol–water partition coefficient (Wildman–Crippen LogP) is 2.30. The van der Waals surface area contributed by atoms with Crippen molar-refractivity contribution in [3.63, 3.8) is 0 Å². The topological polar surface area (TPSA) is 60.7 Å². The smallest absolute Gasteiger partial charge is 0.231 e. The fraction of sp³-hybridized carbons (Fsp3) is 0.357. The molecule has 5 nitrogen and oxygen atoms in total. The van der Waals surface area contributed by atoms with E-state index in [1.54, 1.807) is 13.2 Å². The van der Waals surface area contributed by atoms with E-state index in [9.17, 15) is 0 Å². The summed E-state index contributed by atoms with van der Waals surface area (Å²) in [6.07, 6.45) is 2.02. The lowest BCUT2D eigenvalue weighted by Gasteiger charge is -2.29. The molecule has 0 amide bonds. The van der Waals surface area contributed by atoms with Gasteiger partial charge in [-0.05, 0) is 30.2 Å². The molecule has 98 valence electrons. The number of hydrogen-bond donors (Lipinski definition) is 0. The summed E-state index contributed by atoms with van der Waals surface area (Å²) in [6, 6.07) is 7.79. The molecule has 1 aromatic rings. The summed E-state index contributed by atoms with van der Waals surface area (Å²) in [7, 11) is 1.57. The van der Waals surface area contributed by atoms with Gasteiger partial charge in [0.2, 0.25) is 13.1 Å². The number of fused-ring (bicyclic) bond motifs is 1. The Balaban J connectivity index is 1.89. The number of rotatable bonds is 2. The molecule has 0 fully saturated rings. The van der Waals surface area contributed by atoms with Crippen LogP contribution in [0.4, 0.5) is 0 Å². The van der Waals surface area contributed by atoms with Crippen molar-refractivity contribution >= 4 is 0 Å². The minimum absolute atomic E-state index is 0.0385. The highest BCUT2D eigenvalue weighted by molar-refractivity contribution is 5.46. The summed E-state index contributed by atoms with van der Waals surface area (Å²) >= 11 is 0. The second kappa shape index (κ2) is 4.82. The van der Waals surface area contributed by atoms with Crippen molar-refractivity contribution in [2.24, 2.45) is 0 Å². The second-order valence-corrected chi connectivity index (χ2v) is 4.36. The van der Waals surface area contributed by atoms with Crippen molar-refractivity contribution in [1.29, 1.82) is 5.26 Å². The first-order chi connectivity index (χ1) is 9.31. The standard InChI is InChI=1S/C14H13NO4/c1-16-14-11(4-3-10(7-15)19-14)9-2-5-12-13(6-9)18-8-17-12/h2-3,5-6,11,14H,4,8H2,1H3/t11-,14-/m0/s1. The van der Waals surface area contributed by atoms with Gasteiger partial charge < -0.3 is 18.9 Å². The van der Waals surface area contributed by atoms with E-state index < -0.39 is 6.29 Å². The molecule has 2 heterocycles. The van der Waals surface area contributed by atoms with E-state index in [0.717, 1.165) is 17.1 Å². The fourth-order valence-corrected chi connectivity index (χ4v) is 2.32. The Kier molecular flexibility index (Phi) is 3.02. The first kappa shape index (κ1) is 11.9. The van der Waals surface area contributed by atoms with Crippen LogP contribution in [0.15, 0.2) is 30.0 Å². The van der Waals surface area contributed by atoms with Gasteiger partial charge in [-0.1, -0.05) is 6.07 Å². The van der Waals surface area contributed by atoms with Gasteiger partial charge in [0.05, 0.1) is 5.92 Å². The summed E-state index contributed by atoms with van der Waals surface area (Å²) in [6.45, 7) is 0.256. The number of benzene rings is 1. The van der Waals surface area contributed by atoms with Crippen LogP contribution in [0.25, 0.3) is 0 Å². The van der Waals surface area contributed by atoms with Crippen molar-refractivity contribution in [1.82, 2.24) is 0 Å². The van der Waals surface area contributed by atoms with Gasteiger partial charge in [0.25, 0.3) is 0 Å². The molecule has 3 rings (SSSR count). The van der Waals surface area contributed by atoms with Crippen LogP contribution in [0.2, 0.25) is 0 Å². The van der Waals surface area contributed by atoms with Gasteiger partial charge in [-0.2, -0.15) is 5.26 Å². The van der Waals surface area contributed by atoms with E-state index in [1.807, 2.05) is 24.3 Å². The molecule has 5 heteroatoms. The number of nitriles is 1. The molecule has 0 unspecified atom stereocenters. The van der Waals surface area contributed by atoms with E-state index in [-0.39, 0.29) is 12.7 Å². The lowest BCUT2D eigenvalue weighted by atomic mass is 9.93. The third-order valence-corrected chi connectivity index (χ3v) is 3.30. The zero-order valence-electron chi connectivity index (χ0n) is 10.5. The summed E-state index contributed by atoms with van der Waals surface area (Å²) in [5.41, 5.74) is 1.05. The lowest BCUT2D eigenvalue weighted by molar-refractivity contribution is -0.113. The molecule has 0 N–H and O–H groups in total. The number of ether oxygens (including phenoxy) is 4. The van der Waals surface area contributed by atoms with E-state index in [1.165, 1.54) is 0 Å². The Labute approximate surface area is 110 Å². The van der Waals surface area contributed by atoms with Crippen molar-refractivity contribution in [2.45, 2.75) is 18.6 Å². The minimum Gasteiger partial charge on any atom is -0.454 e. The minimum atomic E-state index is -0.458. The molecule has 2 atom stereocenters. The molecule has 0 saturated heterocycles. The van der Waals surface area contributed by atoms with Gasteiger partial charge in [-0.3, -0.25) is 0 Å². The van der Waals surface area contributed by atoms with Crippen molar-refractivity contribution in [2.75, 3.05) is 13.9 Å². The van der Waals surface area contributed by atoms with E-state index in [2.05, 4.69) is 0 Å². The van der Waals surface area contributed by atoms with Gasteiger partial charge in [-0.15, -0.1) is 0 Å². The highest BCUT2D eigenvalue weighted by Gasteiger charge is 2.30. The summed E-state index contributed by atoms with van der Waals surface area (Å²) in [5, 5.41) is 8.85. The normalized spacial score (nSPS) is 24.3. The predicted molar refractivity (Wildman–Crippen MR) is 65.5 cm³/mol. The Morgan fingerprint density at radius 3 is 2.95 bits per heavy atom. The van der Waals surface area contributed by atoms with Gasteiger partial charge >= 0.3 is 0 Å². The molecule has 0 aromatic heterocycles. The summed E-state index contributed by atoms with van der Waals surface area (Å²) in [5.74, 6) is 1.84. The summed E-state index contributed by atoms with van der Waals surface area (Å²) in [4.78, 5) is 0. The third-order valence-electron chi connectivity index (χ3n) is 3.30. The molecule has 0 bridgehead atoms. The van der Waals surface area contributed by atoms with E-state index >= 15 is 0 Å². The molecule has 1 aromatic carbocycles. The first-order valence-electron chi connectivity index (χ1n) is 6.01. The maximum absolute atomic E-state index is 8.85. The van der Waals surface area contributed by atoms with Crippen molar-refractivity contribution in [3.8, 4) is 17.6 Å². The van der Waals surface area contributed by atoms with Crippen LogP contribution in [0, 0.1) is 11.3 Å². The number of methoxy groups -OCH3 is 1. The Morgan fingerprint density at radius 1 is 1.32 bits per heavy atom. The third kappa shape index (κ3) is 2.11. The van der Waals surface area contributed by atoms with Crippen molar-refractivity contribution in [3.05, 3.63) is 35.6 Å². The van der Waals surface area contributed by atoms with Crippen LogP contribution in [0.3, 0.4) is 0 Å². The van der Waals surface area contributed by atoms with Crippen molar-refractivity contribution < 1.29 is 18.9 Å². The van der Waals surface area contributed by atoms with Gasteiger partial charge in [0.15, 0.2) is 17.3 Å². The molecule has 19 heavy (non-hydrogen) atoms. The molecular formula is C14H13NO4. The van der Waals surface area contributed by atoms with Crippen LogP contribution in [-0.2, 0) is 9.47 Å². The molecular weight excluding hydrogens is 246 g/mol. The largest absolute Gasteiger partial charge is 0.454 e. The molecule has 0 spiro atoms. The van der Waals surface area contributed by atoms with Crippen LogP contribution in [0.5, 0.6) is 11.5 Å². The second-order valence-electron chi connectivity index (χ2n) is 4.36. The SMILES string of the molecule is CO[C@H]1OC(C#N)=CC[C@H]1c1ccc2c(c1)OCO2. The van der Waals surface area contributed by atoms with Crippen LogP contribution in [-0.4, -0.2) is 20.2 Å².